The first-order valence-electron chi connectivity index (χ1n) is 9.60. The van der Waals surface area contributed by atoms with Crippen molar-refractivity contribution in [2.45, 2.75) is 39.5 Å². The summed E-state index contributed by atoms with van der Waals surface area (Å²) in [5, 5.41) is 0. The van der Waals surface area contributed by atoms with E-state index in [1.165, 1.54) is 11.0 Å². The lowest BCUT2D eigenvalue weighted by atomic mass is 9.79. The number of carbonyl (C=O) groups is 2. The summed E-state index contributed by atoms with van der Waals surface area (Å²) in [5.41, 5.74) is 2.33. The maximum absolute atomic E-state index is 13.7. The summed E-state index contributed by atoms with van der Waals surface area (Å²) in [6, 6.07) is 11.2. The van der Waals surface area contributed by atoms with Crippen LogP contribution in [0.1, 0.15) is 49.3 Å². The molecule has 28 heavy (non-hydrogen) atoms. The Labute approximate surface area is 165 Å². The Bertz CT molecular complexity index is 865. The Kier molecular flexibility index (Phi) is 7.05. The third-order valence-corrected chi connectivity index (χ3v) is 5.28. The number of rotatable bonds is 4. The topological polar surface area (TPSA) is 37.4 Å². The molecule has 1 aliphatic heterocycles. The number of halogens is 2. The molecule has 0 N–H and O–H groups in total. The van der Waals surface area contributed by atoms with Crippen molar-refractivity contribution < 1.29 is 18.4 Å². The van der Waals surface area contributed by atoms with E-state index in [2.05, 4.69) is 0 Å². The van der Waals surface area contributed by atoms with Gasteiger partial charge in [-0.25, -0.2) is 8.78 Å². The Hall–Kier alpha value is -2.56. The van der Waals surface area contributed by atoms with E-state index in [9.17, 15) is 18.4 Å². The monoisotopic (exact) mass is 387 g/mol. The maximum atomic E-state index is 13.7. The molecule has 1 saturated heterocycles. The van der Waals surface area contributed by atoms with Crippen molar-refractivity contribution in [2.75, 3.05) is 13.6 Å². The van der Waals surface area contributed by atoms with Crippen molar-refractivity contribution >= 4 is 11.7 Å². The number of amides is 1. The number of benzene rings is 2. The number of likely N-dealkylation sites (tertiary alicyclic amines) is 1. The first kappa shape index (κ1) is 21.7. The molecule has 0 spiro atoms. The molecule has 1 heterocycles. The lowest BCUT2D eigenvalue weighted by Crippen LogP contribution is -2.31. The van der Waals surface area contributed by atoms with Gasteiger partial charge in [0.1, 0.15) is 5.92 Å². The van der Waals surface area contributed by atoms with E-state index < -0.39 is 29.4 Å². The largest absolute Gasteiger partial charge is 0.344 e. The molecule has 0 saturated carbocycles. The van der Waals surface area contributed by atoms with E-state index in [0.29, 0.717) is 12.1 Å². The molecule has 2 aromatic carbocycles. The smallest absolute Gasteiger partial charge is 0.233 e. The minimum atomic E-state index is -0.970. The minimum Gasteiger partial charge on any atom is -0.344 e. The van der Waals surface area contributed by atoms with Crippen LogP contribution in [0.4, 0.5) is 8.78 Å². The number of Topliss-reactive ketones (excluding diaryl/α,β-unsaturated/α-hetero) is 1. The van der Waals surface area contributed by atoms with Gasteiger partial charge in [0.25, 0.3) is 0 Å². The van der Waals surface area contributed by atoms with Gasteiger partial charge in [0.05, 0.1) is 0 Å². The molecule has 0 radical (unpaired) electrons. The van der Waals surface area contributed by atoms with E-state index in [1.54, 1.807) is 14.0 Å². The van der Waals surface area contributed by atoms with Crippen LogP contribution in [0.2, 0.25) is 0 Å². The van der Waals surface area contributed by atoms with E-state index in [0.717, 1.165) is 23.3 Å². The molecule has 3 nitrogen and oxygen atoms in total. The molecule has 150 valence electrons. The van der Waals surface area contributed by atoms with Gasteiger partial charge >= 0.3 is 0 Å². The van der Waals surface area contributed by atoms with Crippen molar-refractivity contribution in [1.29, 1.82) is 0 Å². The Balaban J connectivity index is 0.00000136. The number of ketones is 1. The standard InChI is InChI=1S/C21H21F2NO2.C2H6/c1-12-6-4-5-7-15(12)13(2)20(25)19-16(11-24(3)21(19)26)14-8-9-17(22)18(23)10-14;1-2/h4-10,13,16,19H,11H2,1-3H3;1-2H3. The molecule has 3 rings (SSSR count). The van der Waals surface area contributed by atoms with Crippen molar-refractivity contribution in [3.05, 3.63) is 70.8 Å². The molecule has 1 aliphatic rings. The number of likely N-dealkylation sites (N-methyl/N-ethyl adjacent to an activating group) is 1. The van der Waals surface area contributed by atoms with Crippen LogP contribution >= 0.6 is 0 Å². The highest BCUT2D eigenvalue weighted by atomic mass is 19.2. The van der Waals surface area contributed by atoms with Gasteiger partial charge in [-0.2, -0.15) is 0 Å². The van der Waals surface area contributed by atoms with Crippen molar-refractivity contribution in [3.63, 3.8) is 0 Å². The summed E-state index contributed by atoms with van der Waals surface area (Å²) in [4.78, 5) is 27.3. The molecule has 0 aliphatic carbocycles. The number of hydrogen-bond acceptors (Lipinski definition) is 2. The molecule has 3 unspecified atom stereocenters. The van der Waals surface area contributed by atoms with Gasteiger partial charge in [-0.1, -0.05) is 51.1 Å². The van der Waals surface area contributed by atoms with Crippen LogP contribution in [0.15, 0.2) is 42.5 Å². The summed E-state index contributed by atoms with van der Waals surface area (Å²) in [6.07, 6.45) is 0. The second-order valence-electron chi connectivity index (χ2n) is 6.96. The van der Waals surface area contributed by atoms with Crippen LogP contribution in [0.5, 0.6) is 0 Å². The zero-order valence-corrected chi connectivity index (χ0v) is 17.0. The fourth-order valence-corrected chi connectivity index (χ4v) is 3.76. The first-order chi connectivity index (χ1) is 13.3. The second-order valence-corrected chi connectivity index (χ2v) is 6.96. The molecule has 0 aromatic heterocycles. The van der Waals surface area contributed by atoms with Gasteiger partial charge in [0, 0.05) is 25.4 Å². The van der Waals surface area contributed by atoms with E-state index in [-0.39, 0.29) is 11.7 Å². The Morgan fingerprint density at radius 2 is 1.75 bits per heavy atom. The highest BCUT2D eigenvalue weighted by Crippen LogP contribution is 2.37. The average Bonchev–Trinajstić information content (AvgIpc) is 2.99. The fraction of sp³-hybridized carbons (Fsp3) is 0.391. The van der Waals surface area contributed by atoms with Crippen LogP contribution in [-0.2, 0) is 9.59 Å². The summed E-state index contributed by atoms with van der Waals surface area (Å²) in [5.74, 6) is -4.20. The van der Waals surface area contributed by atoms with Gasteiger partial charge < -0.3 is 4.90 Å². The molecular formula is C23H27F2NO2. The molecule has 3 atom stereocenters. The molecule has 0 bridgehead atoms. The molecule has 5 heteroatoms. The van der Waals surface area contributed by atoms with Crippen LogP contribution in [0.25, 0.3) is 0 Å². The van der Waals surface area contributed by atoms with Crippen molar-refractivity contribution in [3.8, 4) is 0 Å². The van der Waals surface area contributed by atoms with Gasteiger partial charge in [0.2, 0.25) is 5.91 Å². The zero-order valence-electron chi connectivity index (χ0n) is 17.0. The summed E-state index contributed by atoms with van der Waals surface area (Å²) in [7, 11) is 1.63. The average molecular weight is 387 g/mol. The van der Waals surface area contributed by atoms with Crippen LogP contribution in [0.3, 0.4) is 0 Å². The lowest BCUT2D eigenvalue weighted by Gasteiger charge is -2.21. The molecular weight excluding hydrogens is 360 g/mol. The fourth-order valence-electron chi connectivity index (χ4n) is 3.76. The second kappa shape index (κ2) is 9.09. The zero-order chi connectivity index (χ0) is 21.0. The van der Waals surface area contributed by atoms with Gasteiger partial charge in [-0.15, -0.1) is 0 Å². The number of carbonyl (C=O) groups excluding carboxylic acids is 2. The number of nitrogens with zero attached hydrogens (tertiary/aromatic N) is 1. The third-order valence-electron chi connectivity index (χ3n) is 5.28. The number of aryl methyl sites for hydroxylation is 1. The maximum Gasteiger partial charge on any atom is 0.233 e. The van der Waals surface area contributed by atoms with Gasteiger partial charge in [-0.05, 0) is 35.7 Å². The van der Waals surface area contributed by atoms with Crippen molar-refractivity contribution in [2.24, 2.45) is 5.92 Å². The molecule has 1 amide bonds. The van der Waals surface area contributed by atoms with Crippen LogP contribution in [0, 0.1) is 24.5 Å². The van der Waals surface area contributed by atoms with Crippen LogP contribution < -0.4 is 0 Å². The SMILES string of the molecule is CC.Cc1ccccc1C(C)C(=O)C1C(=O)N(C)CC1c1ccc(F)c(F)c1. The quantitative estimate of drug-likeness (QED) is 0.704. The Morgan fingerprint density at radius 3 is 2.36 bits per heavy atom. The third kappa shape index (κ3) is 4.13. The minimum absolute atomic E-state index is 0.191. The lowest BCUT2D eigenvalue weighted by molar-refractivity contribution is -0.136. The first-order valence-corrected chi connectivity index (χ1v) is 9.60. The normalized spacial score (nSPS) is 19.8. The predicted octanol–water partition coefficient (Wildman–Crippen LogP) is 4.84. The molecule has 2 aromatic rings. The predicted molar refractivity (Wildman–Crippen MR) is 106 cm³/mol. The van der Waals surface area contributed by atoms with Gasteiger partial charge in [0.15, 0.2) is 17.4 Å². The summed E-state index contributed by atoms with van der Waals surface area (Å²) in [6.45, 7) is 8.02. The van der Waals surface area contributed by atoms with E-state index in [1.807, 2.05) is 45.0 Å². The van der Waals surface area contributed by atoms with Crippen molar-refractivity contribution in [1.82, 2.24) is 4.90 Å². The number of hydrogen-bond donors (Lipinski definition) is 0. The highest BCUT2D eigenvalue weighted by Gasteiger charge is 2.45. The summed E-state index contributed by atoms with van der Waals surface area (Å²) >= 11 is 0. The van der Waals surface area contributed by atoms with E-state index in [4.69, 9.17) is 0 Å². The molecule has 1 fully saturated rings. The van der Waals surface area contributed by atoms with Crippen LogP contribution in [-0.4, -0.2) is 30.2 Å². The highest BCUT2D eigenvalue weighted by molar-refractivity contribution is 6.06. The Morgan fingerprint density at radius 1 is 1.11 bits per heavy atom. The van der Waals surface area contributed by atoms with E-state index >= 15 is 0 Å². The summed E-state index contributed by atoms with van der Waals surface area (Å²) < 4.78 is 26.9. The van der Waals surface area contributed by atoms with Gasteiger partial charge in [-0.3, -0.25) is 9.59 Å².